The average Bonchev–Trinajstić information content (AvgIpc) is 2.75. The summed E-state index contributed by atoms with van der Waals surface area (Å²) in [5.74, 6) is -0.269. The second-order valence-corrected chi connectivity index (χ2v) is 7.08. The fraction of sp³-hybridized carbons (Fsp3) is 0.400. The summed E-state index contributed by atoms with van der Waals surface area (Å²) in [6, 6.07) is 9.18. The molecule has 1 aromatic heterocycles. The Morgan fingerprint density at radius 2 is 1.86 bits per heavy atom. The van der Waals surface area contributed by atoms with Crippen molar-refractivity contribution in [2.45, 2.75) is 12.8 Å². The van der Waals surface area contributed by atoms with Gasteiger partial charge in [-0.1, -0.05) is 30.3 Å². The molecule has 0 bridgehead atoms. The molecule has 2 amide bonds. The smallest absolute Gasteiger partial charge is 0.227 e. The third-order valence-corrected chi connectivity index (χ3v) is 5.32. The zero-order chi connectivity index (χ0) is 19.5. The van der Waals surface area contributed by atoms with Crippen molar-refractivity contribution in [3.63, 3.8) is 0 Å². The topological polar surface area (TPSA) is 78.4 Å². The van der Waals surface area contributed by atoms with Crippen LogP contribution >= 0.6 is 0 Å². The standard InChI is InChI=1S/C20H22FN5O2/c21-17-18(14-4-2-1-3-5-14)23-13-24-19(17)25-8-10-26(11-9-25)20(28)15-6-7-16(27)22-12-15/h1-5,13,15H,6-12H2,(H,22,27). The minimum atomic E-state index is -0.441. The van der Waals surface area contributed by atoms with E-state index in [9.17, 15) is 9.59 Å². The summed E-state index contributed by atoms with van der Waals surface area (Å²) in [6.07, 6.45) is 2.36. The minimum absolute atomic E-state index is 0.00215. The van der Waals surface area contributed by atoms with Gasteiger partial charge in [0, 0.05) is 44.7 Å². The van der Waals surface area contributed by atoms with Gasteiger partial charge in [-0.3, -0.25) is 9.59 Å². The molecule has 1 unspecified atom stereocenters. The zero-order valence-electron chi connectivity index (χ0n) is 15.5. The van der Waals surface area contributed by atoms with E-state index in [1.54, 1.807) is 4.90 Å². The summed E-state index contributed by atoms with van der Waals surface area (Å²) >= 11 is 0. The third-order valence-electron chi connectivity index (χ3n) is 5.32. The van der Waals surface area contributed by atoms with Crippen LogP contribution in [-0.4, -0.2) is 59.4 Å². The Morgan fingerprint density at radius 3 is 2.54 bits per heavy atom. The van der Waals surface area contributed by atoms with Crippen LogP contribution in [0, 0.1) is 11.7 Å². The lowest BCUT2D eigenvalue weighted by Gasteiger charge is -2.37. The maximum Gasteiger partial charge on any atom is 0.227 e. The minimum Gasteiger partial charge on any atom is -0.355 e. The molecule has 4 rings (SSSR count). The van der Waals surface area contributed by atoms with Crippen LogP contribution < -0.4 is 10.2 Å². The molecular formula is C20H22FN5O2. The van der Waals surface area contributed by atoms with Crippen molar-refractivity contribution in [1.82, 2.24) is 20.2 Å². The highest BCUT2D eigenvalue weighted by Crippen LogP contribution is 2.27. The van der Waals surface area contributed by atoms with Crippen LogP contribution in [0.1, 0.15) is 12.8 Å². The number of hydrogen-bond donors (Lipinski definition) is 1. The number of amides is 2. The van der Waals surface area contributed by atoms with Gasteiger partial charge >= 0.3 is 0 Å². The molecule has 1 aromatic carbocycles. The van der Waals surface area contributed by atoms with Gasteiger partial charge in [-0.25, -0.2) is 14.4 Å². The SMILES string of the molecule is O=C1CCC(C(=O)N2CCN(c3ncnc(-c4ccccc4)c3F)CC2)CN1. The number of piperidine rings is 1. The molecule has 3 heterocycles. The third kappa shape index (κ3) is 3.67. The maximum absolute atomic E-state index is 15.0. The second-order valence-electron chi connectivity index (χ2n) is 7.08. The van der Waals surface area contributed by atoms with E-state index < -0.39 is 5.82 Å². The summed E-state index contributed by atoms with van der Waals surface area (Å²) < 4.78 is 15.0. The van der Waals surface area contributed by atoms with Crippen LogP contribution in [0.5, 0.6) is 0 Å². The van der Waals surface area contributed by atoms with Crippen LogP contribution in [0.3, 0.4) is 0 Å². The number of benzene rings is 1. The molecule has 2 saturated heterocycles. The molecular weight excluding hydrogens is 361 g/mol. The lowest BCUT2D eigenvalue weighted by Crippen LogP contribution is -2.53. The number of anilines is 1. The van der Waals surface area contributed by atoms with Crippen molar-refractivity contribution in [2.75, 3.05) is 37.6 Å². The van der Waals surface area contributed by atoms with Gasteiger partial charge < -0.3 is 15.1 Å². The number of aromatic nitrogens is 2. The van der Waals surface area contributed by atoms with Crippen molar-refractivity contribution in [1.29, 1.82) is 0 Å². The molecule has 1 N–H and O–H groups in total. The van der Waals surface area contributed by atoms with Gasteiger partial charge in [0.25, 0.3) is 0 Å². The number of halogens is 1. The zero-order valence-corrected chi connectivity index (χ0v) is 15.5. The predicted octanol–water partition coefficient (Wildman–Crippen LogP) is 1.46. The summed E-state index contributed by atoms with van der Waals surface area (Å²) in [4.78, 5) is 35.9. The first-order valence-electron chi connectivity index (χ1n) is 9.50. The van der Waals surface area contributed by atoms with E-state index >= 15 is 4.39 Å². The molecule has 7 nitrogen and oxygen atoms in total. The van der Waals surface area contributed by atoms with E-state index in [1.807, 2.05) is 35.2 Å². The van der Waals surface area contributed by atoms with E-state index in [0.717, 1.165) is 0 Å². The molecule has 28 heavy (non-hydrogen) atoms. The van der Waals surface area contributed by atoms with Gasteiger partial charge in [0.15, 0.2) is 11.6 Å². The largest absolute Gasteiger partial charge is 0.355 e. The maximum atomic E-state index is 15.0. The second kappa shape index (κ2) is 7.92. The number of carbonyl (C=O) groups is 2. The van der Waals surface area contributed by atoms with Crippen molar-refractivity contribution in [3.8, 4) is 11.3 Å². The van der Waals surface area contributed by atoms with Crippen LogP contribution in [0.2, 0.25) is 0 Å². The van der Waals surface area contributed by atoms with Gasteiger partial charge in [-0.05, 0) is 6.42 Å². The Bertz CT molecular complexity index is 858. The highest BCUT2D eigenvalue weighted by atomic mass is 19.1. The summed E-state index contributed by atoms with van der Waals surface area (Å²) in [5, 5.41) is 2.75. The first-order valence-corrected chi connectivity index (χ1v) is 9.50. The average molecular weight is 383 g/mol. The normalized spacial score (nSPS) is 20.0. The lowest BCUT2D eigenvalue weighted by molar-refractivity contribution is -0.137. The monoisotopic (exact) mass is 383 g/mol. The molecule has 2 aromatic rings. The van der Waals surface area contributed by atoms with Crippen molar-refractivity contribution in [3.05, 3.63) is 42.5 Å². The Morgan fingerprint density at radius 1 is 1.11 bits per heavy atom. The molecule has 0 radical (unpaired) electrons. The number of carbonyl (C=O) groups excluding carboxylic acids is 2. The van der Waals surface area contributed by atoms with Crippen LogP contribution in [-0.2, 0) is 9.59 Å². The van der Waals surface area contributed by atoms with Gasteiger partial charge in [0.05, 0.1) is 5.92 Å². The van der Waals surface area contributed by atoms with Gasteiger partial charge in [-0.15, -0.1) is 0 Å². The summed E-state index contributed by atoms with van der Waals surface area (Å²) in [5.41, 5.74) is 0.985. The van der Waals surface area contributed by atoms with Gasteiger partial charge in [-0.2, -0.15) is 0 Å². The highest BCUT2D eigenvalue weighted by Gasteiger charge is 2.31. The van der Waals surface area contributed by atoms with Crippen LogP contribution in [0.15, 0.2) is 36.7 Å². The number of nitrogens with one attached hydrogen (secondary N) is 1. The number of rotatable bonds is 3. The quantitative estimate of drug-likeness (QED) is 0.868. The van der Waals surface area contributed by atoms with E-state index in [2.05, 4.69) is 15.3 Å². The van der Waals surface area contributed by atoms with Crippen molar-refractivity contribution in [2.24, 2.45) is 5.92 Å². The first kappa shape index (κ1) is 18.3. The van der Waals surface area contributed by atoms with E-state index in [1.165, 1.54) is 6.33 Å². The molecule has 2 aliphatic heterocycles. The molecule has 0 spiro atoms. The Balaban J connectivity index is 1.43. The van der Waals surface area contributed by atoms with Crippen molar-refractivity contribution < 1.29 is 14.0 Å². The van der Waals surface area contributed by atoms with Gasteiger partial charge in [0.2, 0.25) is 11.8 Å². The molecule has 0 saturated carbocycles. The molecule has 1 atom stereocenters. The van der Waals surface area contributed by atoms with Gasteiger partial charge in [0.1, 0.15) is 12.0 Å². The fourth-order valence-electron chi connectivity index (χ4n) is 3.72. The number of piperazine rings is 1. The Kier molecular flexibility index (Phi) is 5.18. The predicted molar refractivity (Wildman–Crippen MR) is 102 cm³/mol. The number of hydrogen-bond acceptors (Lipinski definition) is 5. The lowest BCUT2D eigenvalue weighted by atomic mass is 9.97. The number of nitrogens with zero attached hydrogens (tertiary/aromatic N) is 4. The molecule has 8 heteroatoms. The summed E-state index contributed by atoms with van der Waals surface area (Å²) in [6.45, 7) is 2.43. The van der Waals surface area contributed by atoms with E-state index in [0.29, 0.717) is 51.1 Å². The van der Waals surface area contributed by atoms with E-state index in [-0.39, 0.29) is 29.2 Å². The molecule has 0 aliphatic carbocycles. The Labute approximate surface area is 162 Å². The molecule has 146 valence electrons. The van der Waals surface area contributed by atoms with Crippen LogP contribution in [0.4, 0.5) is 10.2 Å². The molecule has 2 aliphatic rings. The fourth-order valence-corrected chi connectivity index (χ4v) is 3.72. The molecule has 2 fully saturated rings. The van der Waals surface area contributed by atoms with Crippen LogP contribution in [0.25, 0.3) is 11.3 Å². The van der Waals surface area contributed by atoms with Crippen molar-refractivity contribution >= 4 is 17.6 Å². The Hall–Kier alpha value is -3.03. The summed E-state index contributed by atoms with van der Waals surface area (Å²) in [7, 11) is 0. The van der Waals surface area contributed by atoms with E-state index in [4.69, 9.17) is 0 Å². The highest BCUT2D eigenvalue weighted by molar-refractivity contribution is 5.84. The first-order chi connectivity index (χ1) is 13.6.